The highest BCUT2D eigenvalue weighted by molar-refractivity contribution is 5.92. The Kier molecular flexibility index (Phi) is 5.41. The van der Waals surface area contributed by atoms with Gasteiger partial charge in [0, 0.05) is 36.1 Å². The smallest absolute Gasteiger partial charge is 0.319 e. The van der Waals surface area contributed by atoms with E-state index in [1.165, 1.54) is 12.1 Å². The van der Waals surface area contributed by atoms with E-state index in [0.29, 0.717) is 24.4 Å². The first-order valence-electron chi connectivity index (χ1n) is 9.52. The first-order valence-corrected chi connectivity index (χ1v) is 9.52. The number of hydrogen-bond donors (Lipinski definition) is 2. The lowest BCUT2D eigenvalue weighted by molar-refractivity contribution is -0.131. The molecule has 8 heteroatoms. The van der Waals surface area contributed by atoms with Crippen molar-refractivity contribution in [1.82, 2.24) is 15.4 Å². The Hall–Kier alpha value is -3.42. The van der Waals surface area contributed by atoms with E-state index in [0.717, 1.165) is 23.9 Å². The minimum Gasteiger partial charge on any atom is -0.356 e. The number of halogens is 1. The lowest BCUT2D eigenvalue weighted by atomic mass is 9.91. The molecule has 1 aliphatic heterocycles. The van der Waals surface area contributed by atoms with Crippen molar-refractivity contribution in [2.24, 2.45) is 0 Å². The van der Waals surface area contributed by atoms with Crippen LogP contribution >= 0.6 is 0 Å². The van der Waals surface area contributed by atoms with Gasteiger partial charge in [-0.3, -0.25) is 4.79 Å². The summed E-state index contributed by atoms with van der Waals surface area (Å²) in [6.45, 7) is 1.08. The second-order valence-electron chi connectivity index (χ2n) is 7.04. The van der Waals surface area contributed by atoms with Crippen molar-refractivity contribution in [2.75, 3.05) is 25.0 Å². The van der Waals surface area contributed by atoms with Crippen LogP contribution in [0.4, 0.5) is 14.9 Å². The lowest BCUT2D eigenvalue weighted by Crippen LogP contribution is -2.44. The molecular formula is C21H21FN4O3. The number of piperidine rings is 1. The van der Waals surface area contributed by atoms with Gasteiger partial charge in [-0.1, -0.05) is 23.4 Å². The Morgan fingerprint density at radius 3 is 2.66 bits per heavy atom. The van der Waals surface area contributed by atoms with Crippen LogP contribution in [0.25, 0.3) is 11.0 Å². The van der Waals surface area contributed by atoms with Crippen molar-refractivity contribution in [3.63, 3.8) is 0 Å². The molecule has 1 saturated heterocycles. The molecule has 3 amide bonds. The number of urea groups is 1. The molecule has 0 atom stereocenters. The number of anilines is 1. The van der Waals surface area contributed by atoms with Crippen LogP contribution in [-0.2, 0) is 4.79 Å². The zero-order valence-corrected chi connectivity index (χ0v) is 15.7. The normalized spacial score (nSPS) is 14.7. The summed E-state index contributed by atoms with van der Waals surface area (Å²) in [6, 6.07) is 13.0. The Bertz CT molecular complexity index is 1010. The van der Waals surface area contributed by atoms with Gasteiger partial charge in [0.25, 0.3) is 0 Å². The molecule has 0 saturated carbocycles. The summed E-state index contributed by atoms with van der Waals surface area (Å²) in [5.41, 5.74) is 1.91. The van der Waals surface area contributed by atoms with Gasteiger partial charge in [0.05, 0.1) is 12.2 Å². The highest BCUT2D eigenvalue weighted by Crippen LogP contribution is 2.32. The Morgan fingerprint density at radius 1 is 1.14 bits per heavy atom. The molecule has 2 heterocycles. The summed E-state index contributed by atoms with van der Waals surface area (Å²) < 4.78 is 18.6. The summed E-state index contributed by atoms with van der Waals surface area (Å²) in [6.07, 6.45) is 1.47. The first kappa shape index (κ1) is 18.9. The standard InChI is InChI=1S/C21H21FN4O3/c22-15-6-7-17-18(12-15)29-25-20(17)14-8-10-26(11-9-14)19(27)13-23-21(28)24-16-4-2-1-3-5-16/h1-7,12,14H,8-11,13H2,(H2,23,24,28). The molecule has 29 heavy (non-hydrogen) atoms. The van der Waals surface area contributed by atoms with Crippen molar-refractivity contribution in [2.45, 2.75) is 18.8 Å². The third kappa shape index (κ3) is 4.37. The van der Waals surface area contributed by atoms with Crippen LogP contribution < -0.4 is 10.6 Å². The zero-order valence-electron chi connectivity index (χ0n) is 15.7. The van der Waals surface area contributed by atoms with Gasteiger partial charge in [-0.25, -0.2) is 9.18 Å². The monoisotopic (exact) mass is 396 g/mol. The van der Waals surface area contributed by atoms with E-state index >= 15 is 0 Å². The van der Waals surface area contributed by atoms with Gasteiger partial charge < -0.3 is 20.1 Å². The number of benzene rings is 2. The van der Waals surface area contributed by atoms with Gasteiger partial charge in [-0.2, -0.15) is 0 Å². The fourth-order valence-corrected chi connectivity index (χ4v) is 3.59. The lowest BCUT2D eigenvalue weighted by Gasteiger charge is -2.31. The summed E-state index contributed by atoms with van der Waals surface area (Å²) in [5.74, 6) is -0.330. The highest BCUT2D eigenvalue weighted by Gasteiger charge is 2.27. The van der Waals surface area contributed by atoms with Crippen LogP contribution in [0, 0.1) is 5.82 Å². The fourth-order valence-electron chi connectivity index (χ4n) is 3.59. The number of para-hydroxylation sites is 1. The number of rotatable bonds is 4. The molecule has 0 radical (unpaired) electrons. The maximum atomic E-state index is 13.3. The second kappa shape index (κ2) is 8.30. The molecule has 1 aromatic heterocycles. The Labute approximate surface area is 166 Å². The first-order chi connectivity index (χ1) is 14.1. The fraction of sp³-hybridized carbons (Fsp3) is 0.286. The van der Waals surface area contributed by atoms with Gasteiger partial charge in [0.1, 0.15) is 5.82 Å². The SMILES string of the molecule is O=C(NCC(=O)N1CCC(c2noc3cc(F)ccc23)CC1)Nc1ccccc1. The number of nitrogens with zero attached hydrogens (tertiary/aromatic N) is 2. The quantitative estimate of drug-likeness (QED) is 0.707. The van der Waals surface area contributed by atoms with Crippen LogP contribution in [-0.4, -0.2) is 41.6 Å². The molecule has 0 spiro atoms. The number of likely N-dealkylation sites (tertiary alicyclic amines) is 1. The molecule has 4 rings (SSSR count). The molecule has 0 bridgehead atoms. The van der Waals surface area contributed by atoms with E-state index in [4.69, 9.17) is 4.52 Å². The summed E-state index contributed by atoms with van der Waals surface area (Å²) >= 11 is 0. The van der Waals surface area contributed by atoms with Crippen molar-refractivity contribution >= 4 is 28.6 Å². The largest absolute Gasteiger partial charge is 0.356 e. The molecular weight excluding hydrogens is 375 g/mol. The number of hydrogen-bond acceptors (Lipinski definition) is 4. The number of nitrogens with one attached hydrogen (secondary N) is 2. The number of fused-ring (bicyclic) bond motifs is 1. The second-order valence-corrected chi connectivity index (χ2v) is 7.04. The third-order valence-corrected chi connectivity index (χ3v) is 5.13. The van der Waals surface area contributed by atoms with E-state index in [-0.39, 0.29) is 24.2 Å². The summed E-state index contributed by atoms with van der Waals surface area (Å²) in [7, 11) is 0. The minimum atomic E-state index is -0.416. The van der Waals surface area contributed by atoms with Crippen molar-refractivity contribution in [1.29, 1.82) is 0 Å². The molecule has 1 fully saturated rings. The third-order valence-electron chi connectivity index (χ3n) is 5.13. The molecule has 2 aromatic carbocycles. The van der Waals surface area contributed by atoms with Crippen LogP contribution in [0.5, 0.6) is 0 Å². The molecule has 1 aliphatic rings. The van der Waals surface area contributed by atoms with Gasteiger partial charge in [-0.15, -0.1) is 0 Å². The van der Waals surface area contributed by atoms with E-state index < -0.39 is 6.03 Å². The summed E-state index contributed by atoms with van der Waals surface area (Å²) in [4.78, 5) is 26.1. The molecule has 7 nitrogen and oxygen atoms in total. The Balaban J connectivity index is 1.27. The van der Waals surface area contributed by atoms with E-state index in [1.54, 1.807) is 23.1 Å². The maximum absolute atomic E-state index is 13.3. The van der Waals surface area contributed by atoms with E-state index in [1.807, 2.05) is 18.2 Å². The highest BCUT2D eigenvalue weighted by atomic mass is 19.1. The van der Waals surface area contributed by atoms with Gasteiger partial charge in [0.2, 0.25) is 5.91 Å². The maximum Gasteiger partial charge on any atom is 0.319 e. The van der Waals surface area contributed by atoms with E-state index in [9.17, 15) is 14.0 Å². The molecule has 0 aliphatic carbocycles. The van der Waals surface area contributed by atoms with Crippen LogP contribution in [0.3, 0.4) is 0 Å². The van der Waals surface area contributed by atoms with Crippen molar-refractivity contribution < 1.29 is 18.5 Å². The number of amides is 3. The van der Waals surface area contributed by atoms with Crippen molar-refractivity contribution in [3.8, 4) is 0 Å². The van der Waals surface area contributed by atoms with E-state index in [2.05, 4.69) is 15.8 Å². The number of carbonyl (C=O) groups excluding carboxylic acids is 2. The average Bonchev–Trinajstić information content (AvgIpc) is 3.16. The molecule has 2 N–H and O–H groups in total. The number of aromatic nitrogens is 1. The molecule has 0 unspecified atom stereocenters. The average molecular weight is 396 g/mol. The van der Waals surface area contributed by atoms with Crippen LogP contribution in [0.2, 0.25) is 0 Å². The topological polar surface area (TPSA) is 87.5 Å². The zero-order chi connectivity index (χ0) is 20.2. The van der Waals surface area contributed by atoms with Gasteiger partial charge >= 0.3 is 6.03 Å². The number of carbonyl (C=O) groups is 2. The van der Waals surface area contributed by atoms with Crippen LogP contribution in [0.1, 0.15) is 24.5 Å². The van der Waals surface area contributed by atoms with Crippen LogP contribution in [0.15, 0.2) is 53.1 Å². The van der Waals surface area contributed by atoms with Gasteiger partial charge in [-0.05, 0) is 37.1 Å². The van der Waals surface area contributed by atoms with Crippen molar-refractivity contribution in [3.05, 3.63) is 60.0 Å². The predicted molar refractivity (Wildman–Crippen MR) is 106 cm³/mol. The summed E-state index contributed by atoms with van der Waals surface area (Å²) in [5, 5.41) is 10.2. The minimum absolute atomic E-state index is 0.0600. The Morgan fingerprint density at radius 2 is 1.90 bits per heavy atom. The molecule has 150 valence electrons. The molecule has 3 aromatic rings. The van der Waals surface area contributed by atoms with Gasteiger partial charge in [0.15, 0.2) is 5.58 Å². The predicted octanol–water partition coefficient (Wildman–Crippen LogP) is 3.49.